The van der Waals surface area contributed by atoms with Crippen molar-refractivity contribution in [3.8, 4) is 5.75 Å². The van der Waals surface area contributed by atoms with Crippen LogP contribution >= 0.6 is 0 Å². The fourth-order valence-electron chi connectivity index (χ4n) is 2.87. The molecule has 0 aliphatic carbocycles. The summed E-state index contributed by atoms with van der Waals surface area (Å²) in [6.07, 6.45) is 1.74. The third-order valence-corrected chi connectivity index (χ3v) is 4.37. The summed E-state index contributed by atoms with van der Waals surface area (Å²) in [6.45, 7) is 2.74. The zero-order chi connectivity index (χ0) is 17.8. The number of carbonyl (C=O) groups is 1. The molecular weight excluding hydrogens is 318 g/mol. The molecule has 3 rings (SSSR count). The van der Waals surface area contributed by atoms with Crippen molar-refractivity contribution < 1.29 is 9.53 Å². The number of aromatic nitrogens is 2. The van der Waals surface area contributed by atoms with Gasteiger partial charge in [-0.1, -0.05) is 12.1 Å². The monoisotopic (exact) mass is 341 g/mol. The minimum atomic E-state index is 0.00484. The lowest BCUT2D eigenvalue weighted by Gasteiger charge is -2.35. The highest BCUT2D eigenvalue weighted by Crippen LogP contribution is 2.22. The van der Waals surface area contributed by atoms with Gasteiger partial charge in [0.05, 0.1) is 24.6 Å². The van der Waals surface area contributed by atoms with Crippen LogP contribution in [-0.4, -0.2) is 68.4 Å². The predicted molar refractivity (Wildman–Crippen MR) is 97.5 cm³/mol. The number of methoxy groups -OCH3 is 1. The SMILES string of the molecule is COc1ccccc1C(=O)N1CCN(c2cc(N(C)C)cnn2)CC1. The number of piperazine rings is 1. The van der Waals surface area contributed by atoms with Crippen molar-refractivity contribution in [2.75, 3.05) is 57.2 Å². The van der Waals surface area contributed by atoms with Gasteiger partial charge in [-0.05, 0) is 12.1 Å². The number of para-hydroxylation sites is 1. The average molecular weight is 341 g/mol. The van der Waals surface area contributed by atoms with E-state index in [9.17, 15) is 4.79 Å². The van der Waals surface area contributed by atoms with Gasteiger partial charge < -0.3 is 19.4 Å². The lowest BCUT2D eigenvalue weighted by Crippen LogP contribution is -2.49. The molecule has 7 nitrogen and oxygen atoms in total. The van der Waals surface area contributed by atoms with Crippen molar-refractivity contribution in [3.05, 3.63) is 42.1 Å². The highest BCUT2D eigenvalue weighted by atomic mass is 16.5. The van der Waals surface area contributed by atoms with Gasteiger partial charge in [-0.25, -0.2) is 0 Å². The number of nitrogens with zero attached hydrogens (tertiary/aromatic N) is 5. The Hall–Kier alpha value is -2.83. The average Bonchev–Trinajstić information content (AvgIpc) is 2.67. The molecule has 7 heteroatoms. The molecule has 1 aromatic carbocycles. The summed E-state index contributed by atoms with van der Waals surface area (Å²) in [4.78, 5) is 18.8. The van der Waals surface area contributed by atoms with Gasteiger partial charge in [0.2, 0.25) is 0 Å². The topological polar surface area (TPSA) is 61.8 Å². The van der Waals surface area contributed by atoms with Gasteiger partial charge in [-0.15, -0.1) is 5.10 Å². The zero-order valence-electron chi connectivity index (χ0n) is 14.8. The Kier molecular flexibility index (Phi) is 5.02. The molecule has 1 amide bonds. The first-order chi connectivity index (χ1) is 12.1. The number of hydrogen-bond acceptors (Lipinski definition) is 6. The van der Waals surface area contributed by atoms with E-state index in [2.05, 4.69) is 15.1 Å². The van der Waals surface area contributed by atoms with Crippen LogP contribution in [0.1, 0.15) is 10.4 Å². The Morgan fingerprint density at radius 1 is 1.16 bits per heavy atom. The van der Waals surface area contributed by atoms with Gasteiger partial charge in [-0.3, -0.25) is 4.79 Å². The second-order valence-corrected chi connectivity index (χ2v) is 6.15. The summed E-state index contributed by atoms with van der Waals surface area (Å²) >= 11 is 0. The molecule has 0 spiro atoms. The molecule has 1 aliphatic heterocycles. The van der Waals surface area contributed by atoms with Crippen LogP contribution in [0.5, 0.6) is 5.75 Å². The van der Waals surface area contributed by atoms with Crippen LogP contribution in [0.15, 0.2) is 36.5 Å². The van der Waals surface area contributed by atoms with Crippen LogP contribution < -0.4 is 14.5 Å². The van der Waals surface area contributed by atoms with Crippen molar-refractivity contribution in [1.82, 2.24) is 15.1 Å². The van der Waals surface area contributed by atoms with Crippen LogP contribution in [0.3, 0.4) is 0 Å². The molecule has 1 saturated heterocycles. The van der Waals surface area contributed by atoms with E-state index in [1.54, 1.807) is 19.4 Å². The third kappa shape index (κ3) is 3.65. The van der Waals surface area contributed by atoms with E-state index in [1.807, 2.05) is 48.2 Å². The number of benzene rings is 1. The van der Waals surface area contributed by atoms with E-state index < -0.39 is 0 Å². The van der Waals surface area contributed by atoms with Crippen molar-refractivity contribution in [1.29, 1.82) is 0 Å². The van der Waals surface area contributed by atoms with Crippen LogP contribution in [0.25, 0.3) is 0 Å². The molecule has 25 heavy (non-hydrogen) atoms. The van der Waals surface area contributed by atoms with E-state index in [0.717, 1.165) is 24.6 Å². The summed E-state index contributed by atoms with van der Waals surface area (Å²) in [5.74, 6) is 1.46. The lowest BCUT2D eigenvalue weighted by atomic mass is 10.1. The molecule has 2 aromatic rings. The van der Waals surface area contributed by atoms with Crippen LogP contribution in [-0.2, 0) is 0 Å². The number of ether oxygens (including phenoxy) is 1. The van der Waals surface area contributed by atoms with Crippen molar-refractivity contribution in [2.45, 2.75) is 0 Å². The molecule has 2 heterocycles. The van der Waals surface area contributed by atoms with Crippen LogP contribution in [0, 0.1) is 0 Å². The molecule has 0 N–H and O–H groups in total. The Bertz CT molecular complexity index is 742. The van der Waals surface area contributed by atoms with Gasteiger partial charge in [0.25, 0.3) is 5.91 Å². The lowest BCUT2D eigenvalue weighted by molar-refractivity contribution is 0.0743. The van der Waals surface area contributed by atoms with E-state index in [0.29, 0.717) is 24.4 Å². The summed E-state index contributed by atoms with van der Waals surface area (Å²) in [5, 5.41) is 8.30. The molecule has 132 valence electrons. The number of carbonyl (C=O) groups excluding carboxylic acids is 1. The van der Waals surface area contributed by atoms with Gasteiger partial charge in [0, 0.05) is 46.3 Å². The minimum Gasteiger partial charge on any atom is -0.496 e. The number of anilines is 2. The Labute approximate surface area is 147 Å². The molecular formula is C18H23N5O2. The van der Waals surface area contributed by atoms with Gasteiger partial charge in [0.1, 0.15) is 5.75 Å². The molecule has 0 bridgehead atoms. The standard InChI is InChI=1S/C18H23N5O2/c1-21(2)14-12-17(20-19-13-14)22-8-10-23(11-9-22)18(24)15-6-4-5-7-16(15)25-3/h4-7,12-13H,8-11H2,1-3H3. The minimum absolute atomic E-state index is 0.00484. The van der Waals surface area contributed by atoms with Crippen LogP contribution in [0.4, 0.5) is 11.5 Å². The van der Waals surface area contributed by atoms with Gasteiger partial charge in [0.15, 0.2) is 5.82 Å². The Morgan fingerprint density at radius 3 is 2.56 bits per heavy atom. The number of rotatable bonds is 4. The highest BCUT2D eigenvalue weighted by molar-refractivity contribution is 5.97. The molecule has 1 aromatic heterocycles. The highest BCUT2D eigenvalue weighted by Gasteiger charge is 2.25. The van der Waals surface area contributed by atoms with Gasteiger partial charge in [-0.2, -0.15) is 5.10 Å². The van der Waals surface area contributed by atoms with E-state index in [1.165, 1.54) is 0 Å². The zero-order valence-corrected chi connectivity index (χ0v) is 14.8. The maximum Gasteiger partial charge on any atom is 0.257 e. The Balaban J connectivity index is 1.67. The van der Waals surface area contributed by atoms with Crippen molar-refractivity contribution in [2.24, 2.45) is 0 Å². The van der Waals surface area contributed by atoms with Crippen molar-refractivity contribution in [3.63, 3.8) is 0 Å². The molecule has 1 fully saturated rings. The fraction of sp³-hybridized carbons (Fsp3) is 0.389. The molecule has 1 aliphatic rings. The Morgan fingerprint density at radius 2 is 1.88 bits per heavy atom. The summed E-state index contributed by atoms with van der Waals surface area (Å²) < 4.78 is 5.30. The van der Waals surface area contributed by atoms with Crippen LogP contribution in [0.2, 0.25) is 0 Å². The van der Waals surface area contributed by atoms with Crippen molar-refractivity contribution >= 4 is 17.4 Å². The molecule has 0 unspecified atom stereocenters. The molecule has 0 radical (unpaired) electrons. The normalized spacial score (nSPS) is 14.4. The number of amides is 1. The number of hydrogen-bond donors (Lipinski definition) is 0. The first-order valence-electron chi connectivity index (χ1n) is 8.27. The third-order valence-electron chi connectivity index (χ3n) is 4.37. The maximum atomic E-state index is 12.8. The van der Waals surface area contributed by atoms with E-state index >= 15 is 0 Å². The summed E-state index contributed by atoms with van der Waals surface area (Å²) in [6, 6.07) is 9.36. The molecule has 0 atom stereocenters. The van der Waals surface area contributed by atoms with Gasteiger partial charge >= 0.3 is 0 Å². The first-order valence-corrected chi connectivity index (χ1v) is 8.27. The quantitative estimate of drug-likeness (QED) is 0.840. The second kappa shape index (κ2) is 7.38. The largest absolute Gasteiger partial charge is 0.496 e. The fourth-order valence-corrected chi connectivity index (χ4v) is 2.87. The summed E-state index contributed by atoms with van der Waals surface area (Å²) in [5.41, 5.74) is 1.62. The first kappa shape index (κ1) is 17.0. The van der Waals surface area contributed by atoms with E-state index in [4.69, 9.17) is 4.74 Å². The molecule has 0 saturated carbocycles. The van der Waals surface area contributed by atoms with E-state index in [-0.39, 0.29) is 5.91 Å². The predicted octanol–water partition coefficient (Wildman–Crippen LogP) is 1.51. The second-order valence-electron chi connectivity index (χ2n) is 6.15. The summed E-state index contributed by atoms with van der Waals surface area (Å²) in [7, 11) is 5.54. The maximum absolute atomic E-state index is 12.8. The smallest absolute Gasteiger partial charge is 0.257 e.